The fourth-order valence-electron chi connectivity index (χ4n) is 0.239. The summed E-state index contributed by atoms with van der Waals surface area (Å²) in [7, 11) is 0. The lowest BCUT2D eigenvalue weighted by atomic mass is 10.7. The summed E-state index contributed by atoms with van der Waals surface area (Å²) in [6.07, 6.45) is -0.257. The summed E-state index contributed by atoms with van der Waals surface area (Å²) < 4.78 is 4.72. The van der Waals surface area contributed by atoms with Crippen LogP contribution in [0, 0.1) is 0 Å². The van der Waals surface area contributed by atoms with Crippen molar-refractivity contribution in [2.45, 2.75) is 27.0 Å². The minimum Gasteiger partial charge on any atom is -0.394 e. The molecule has 0 aliphatic heterocycles. The molecule has 0 bridgehead atoms. The first-order chi connectivity index (χ1) is 4.27. The van der Waals surface area contributed by atoms with Crippen LogP contribution in [0.4, 0.5) is 0 Å². The predicted molar refractivity (Wildman–Crippen MR) is 38.0 cm³/mol. The topological polar surface area (TPSA) is 55.5 Å². The first-order valence-corrected chi connectivity index (χ1v) is 3.25. The van der Waals surface area contributed by atoms with Crippen LogP contribution in [-0.4, -0.2) is 24.5 Å². The monoisotopic (exact) mass is 135 g/mol. The summed E-state index contributed by atoms with van der Waals surface area (Å²) in [5, 5.41) is 8.13. The second-order valence-electron chi connectivity index (χ2n) is 1.30. The zero-order valence-corrected chi connectivity index (χ0v) is 6.42. The Morgan fingerprint density at radius 1 is 1.56 bits per heavy atom. The van der Waals surface area contributed by atoms with Crippen molar-refractivity contribution in [3.8, 4) is 0 Å². The Labute approximate surface area is 56.8 Å². The van der Waals surface area contributed by atoms with E-state index in [1.807, 2.05) is 13.8 Å². The van der Waals surface area contributed by atoms with Gasteiger partial charge in [0.15, 0.2) is 0 Å². The standard InChI is InChI=1S/C4H11NO2.C2H6/c1-4(5)7-3-2-6;1-2/h4,6H,2-3,5H2,1H3;1-2H3. The summed E-state index contributed by atoms with van der Waals surface area (Å²) in [6.45, 7) is 6.09. The first-order valence-electron chi connectivity index (χ1n) is 3.25. The van der Waals surface area contributed by atoms with Crippen molar-refractivity contribution in [1.29, 1.82) is 0 Å². The van der Waals surface area contributed by atoms with Gasteiger partial charge in [0.05, 0.1) is 13.2 Å². The van der Waals surface area contributed by atoms with Gasteiger partial charge in [-0.05, 0) is 6.92 Å². The number of hydrogen-bond donors (Lipinski definition) is 2. The molecule has 0 rings (SSSR count). The van der Waals surface area contributed by atoms with Gasteiger partial charge in [-0.3, -0.25) is 0 Å². The van der Waals surface area contributed by atoms with Crippen molar-refractivity contribution in [3.05, 3.63) is 0 Å². The molecule has 0 fully saturated rings. The minimum absolute atomic E-state index is 0.0432. The molecular formula is C6H17NO2. The highest BCUT2D eigenvalue weighted by molar-refractivity contribution is 4.31. The zero-order valence-electron chi connectivity index (χ0n) is 6.42. The Kier molecular flexibility index (Phi) is 14.0. The second-order valence-corrected chi connectivity index (χ2v) is 1.30. The molecule has 9 heavy (non-hydrogen) atoms. The highest BCUT2D eigenvalue weighted by atomic mass is 16.5. The Morgan fingerprint density at radius 3 is 2.11 bits per heavy atom. The fourth-order valence-corrected chi connectivity index (χ4v) is 0.239. The quantitative estimate of drug-likeness (QED) is 0.548. The van der Waals surface area contributed by atoms with Crippen LogP contribution < -0.4 is 5.73 Å². The maximum atomic E-state index is 8.13. The third-order valence-corrected chi connectivity index (χ3v) is 0.472. The van der Waals surface area contributed by atoms with E-state index < -0.39 is 0 Å². The van der Waals surface area contributed by atoms with Gasteiger partial charge in [0, 0.05) is 0 Å². The molecule has 0 heterocycles. The number of hydrogen-bond acceptors (Lipinski definition) is 3. The van der Waals surface area contributed by atoms with Gasteiger partial charge in [0.1, 0.15) is 6.23 Å². The van der Waals surface area contributed by atoms with Gasteiger partial charge in [-0.2, -0.15) is 0 Å². The number of aliphatic hydroxyl groups is 1. The SMILES string of the molecule is CC.CC(N)OCCO. The first kappa shape index (κ1) is 11.6. The normalized spacial score (nSPS) is 11.7. The molecule has 0 aliphatic carbocycles. The van der Waals surface area contributed by atoms with Crippen LogP contribution in [0.1, 0.15) is 20.8 Å². The summed E-state index contributed by atoms with van der Waals surface area (Å²) in [5.41, 5.74) is 5.15. The third-order valence-electron chi connectivity index (χ3n) is 0.472. The van der Waals surface area contributed by atoms with E-state index in [0.717, 1.165) is 0 Å². The number of rotatable bonds is 3. The second kappa shape index (κ2) is 10.8. The minimum atomic E-state index is -0.257. The van der Waals surface area contributed by atoms with Crippen molar-refractivity contribution >= 4 is 0 Å². The molecule has 1 atom stereocenters. The lowest BCUT2D eigenvalue weighted by Gasteiger charge is -2.02. The average molecular weight is 135 g/mol. The van der Waals surface area contributed by atoms with Crippen molar-refractivity contribution in [2.24, 2.45) is 5.73 Å². The summed E-state index contributed by atoms with van der Waals surface area (Å²) in [4.78, 5) is 0. The maximum Gasteiger partial charge on any atom is 0.102 e. The molecular weight excluding hydrogens is 118 g/mol. The van der Waals surface area contributed by atoms with E-state index in [9.17, 15) is 0 Å². The summed E-state index contributed by atoms with van der Waals surface area (Å²) in [6, 6.07) is 0. The lowest BCUT2D eigenvalue weighted by Crippen LogP contribution is -2.20. The largest absolute Gasteiger partial charge is 0.394 e. The van der Waals surface area contributed by atoms with Crippen molar-refractivity contribution in [2.75, 3.05) is 13.2 Å². The Balaban J connectivity index is 0. The lowest BCUT2D eigenvalue weighted by molar-refractivity contribution is 0.0429. The van der Waals surface area contributed by atoms with E-state index in [4.69, 9.17) is 15.6 Å². The Hall–Kier alpha value is -0.120. The molecule has 3 heteroatoms. The predicted octanol–water partition coefficient (Wildman–Crippen LogP) is 0.326. The zero-order chi connectivity index (χ0) is 7.70. The van der Waals surface area contributed by atoms with Gasteiger partial charge >= 0.3 is 0 Å². The molecule has 0 saturated carbocycles. The third kappa shape index (κ3) is 18.1. The van der Waals surface area contributed by atoms with Crippen LogP contribution >= 0.6 is 0 Å². The Morgan fingerprint density at radius 2 is 2.00 bits per heavy atom. The summed E-state index contributed by atoms with van der Waals surface area (Å²) >= 11 is 0. The molecule has 0 aromatic rings. The molecule has 0 aliphatic rings. The highest BCUT2D eigenvalue weighted by Crippen LogP contribution is 1.75. The summed E-state index contributed by atoms with van der Waals surface area (Å²) in [5.74, 6) is 0. The molecule has 58 valence electrons. The molecule has 3 N–H and O–H groups in total. The van der Waals surface area contributed by atoms with Crippen LogP contribution in [0.15, 0.2) is 0 Å². The molecule has 0 aromatic carbocycles. The van der Waals surface area contributed by atoms with Crippen LogP contribution in [0.3, 0.4) is 0 Å². The van der Waals surface area contributed by atoms with E-state index >= 15 is 0 Å². The van der Waals surface area contributed by atoms with E-state index in [1.165, 1.54) is 0 Å². The number of ether oxygens (including phenoxy) is 1. The van der Waals surface area contributed by atoms with E-state index in [0.29, 0.717) is 6.61 Å². The van der Waals surface area contributed by atoms with Gasteiger partial charge in [0.2, 0.25) is 0 Å². The van der Waals surface area contributed by atoms with Crippen LogP contribution in [-0.2, 0) is 4.74 Å². The molecule has 0 spiro atoms. The van der Waals surface area contributed by atoms with Gasteiger partial charge in [-0.25, -0.2) is 0 Å². The van der Waals surface area contributed by atoms with Crippen molar-refractivity contribution in [3.63, 3.8) is 0 Å². The van der Waals surface area contributed by atoms with E-state index in [-0.39, 0.29) is 12.8 Å². The number of nitrogens with two attached hydrogens (primary N) is 1. The average Bonchev–Trinajstić information content (AvgIpc) is 1.88. The van der Waals surface area contributed by atoms with Crippen LogP contribution in [0.2, 0.25) is 0 Å². The van der Waals surface area contributed by atoms with Crippen LogP contribution in [0.25, 0.3) is 0 Å². The van der Waals surface area contributed by atoms with Gasteiger partial charge in [-0.15, -0.1) is 0 Å². The molecule has 1 unspecified atom stereocenters. The smallest absolute Gasteiger partial charge is 0.102 e. The van der Waals surface area contributed by atoms with Crippen molar-refractivity contribution < 1.29 is 9.84 Å². The Bertz CT molecular complexity index is 40.0. The van der Waals surface area contributed by atoms with E-state index in [2.05, 4.69) is 0 Å². The van der Waals surface area contributed by atoms with Gasteiger partial charge in [0.25, 0.3) is 0 Å². The molecule has 0 saturated heterocycles. The number of aliphatic hydroxyl groups excluding tert-OH is 1. The molecule has 0 aromatic heterocycles. The fraction of sp³-hybridized carbons (Fsp3) is 1.00. The molecule has 0 radical (unpaired) electrons. The highest BCUT2D eigenvalue weighted by Gasteiger charge is 1.87. The molecule has 3 nitrogen and oxygen atoms in total. The molecule has 0 amide bonds. The van der Waals surface area contributed by atoms with Crippen LogP contribution in [0.5, 0.6) is 0 Å². The van der Waals surface area contributed by atoms with Gasteiger partial charge < -0.3 is 15.6 Å². The maximum absolute atomic E-state index is 8.13. The van der Waals surface area contributed by atoms with E-state index in [1.54, 1.807) is 6.92 Å². The van der Waals surface area contributed by atoms with Gasteiger partial charge in [-0.1, -0.05) is 13.8 Å². The van der Waals surface area contributed by atoms with Crippen molar-refractivity contribution in [1.82, 2.24) is 0 Å².